The summed E-state index contributed by atoms with van der Waals surface area (Å²) in [6, 6.07) is 5.76. The first-order chi connectivity index (χ1) is 10.8. The highest BCUT2D eigenvalue weighted by atomic mass is 16.5. The molecule has 3 heterocycles. The lowest BCUT2D eigenvalue weighted by atomic mass is 9.98. The van der Waals surface area contributed by atoms with Crippen LogP contribution in [0.25, 0.3) is 0 Å². The summed E-state index contributed by atoms with van der Waals surface area (Å²) in [6.45, 7) is 2.44. The molecule has 2 fully saturated rings. The molecule has 6 nitrogen and oxygen atoms in total. The maximum atomic E-state index is 12.7. The molecule has 0 radical (unpaired) electrons. The van der Waals surface area contributed by atoms with Gasteiger partial charge < -0.3 is 14.4 Å². The molecular formula is C16H19N3O3. The van der Waals surface area contributed by atoms with Crippen molar-refractivity contribution in [3.63, 3.8) is 0 Å². The van der Waals surface area contributed by atoms with Crippen LogP contribution < -0.4 is 4.74 Å². The van der Waals surface area contributed by atoms with E-state index in [0.29, 0.717) is 37.7 Å². The van der Waals surface area contributed by atoms with E-state index in [-0.39, 0.29) is 17.9 Å². The number of piperidine rings is 1. The first-order valence-electron chi connectivity index (χ1n) is 7.66. The van der Waals surface area contributed by atoms with Crippen molar-refractivity contribution in [1.82, 2.24) is 9.88 Å². The lowest BCUT2D eigenvalue weighted by Gasteiger charge is -2.29. The standard InChI is InChI=1S/C16H19N3O3/c17-10-12-3-7-19(8-4-12)16(20)14-2-1-6-18-15(14)22-13-5-9-21-11-13/h1-2,6,12-13H,3-5,7-9,11H2/t13-/m0/s1. The monoisotopic (exact) mass is 301 g/mol. The summed E-state index contributed by atoms with van der Waals surface area (Å²) in [7, 11) is 0. The van der Waals surface area contributed by atoms with Crippen molar-refractivity contribution in [2.75, 3.05) is 26.3 Å². The highest BCUT2D eigenvalue weighted by Gasteiger charge is 2.27. The highest BCUT2D eigenvalue weighted by Crippen LogP contribution is 2.23. The predicted octanol–water partition coefficient (Wildman–Crippen LogP) is 1.63. The van der Waals surface area contributed by atoms with Gasteiger partial charge in [0.05, 0.1) is 19.3 Å². The predicted molar refractivity (Wildman–Crippen MR) is 78.3 cm³/mol. The smallest absolute Gasteiger partial charge is 0.259 e. The van der Waals surface area contributed by atoms with Crippen molar-refractivity contribution in [2.45, 2.75) is 25.4 Å². The van der Waals surface area contributed by atoms with Crippen LogP contribution in [0.15, 0.2) is 18.3 Å². The molecule has 22 heavy (non-hydrogen) atoms. The van der Waals surface area contributed by atoms with E-state index in [0.717, 1.165) is 19.3 Å². The average Bonchev–Trinajstić information content (AvgIpc) is 3.08. The van der Waals surface area contributed by atoms with Gasteiger partial charge in [-0.05, 0) is 25.0 Å². The van der Waals surface area contributed by atoms with Crippen LogP contribution in [0.4, 0.5) is 0 Å². The Morgan fingerprint density at radius 1 is 1.41 bits per heavy atom. The molecule has 0 spiro atoms. The number of nitriles is 1. The number of carbonyl (C=O) groups excluding carboxylic acids is 1. The molecule has 0 saturated carbocycles. The summed E-state index contributed by atoms with van der Waals surface area (Å²) in [5.41, 5.74) is 0.491. The molecule has 6 heteroatoms. The molecule has 0 unspecified atom stereocenters. The van der Waals surface area contributed by atoms with E-state index in [1.54, 1.807) is 23.2 Å². The third-order valence-electron chi connectivity index (χ3n) is 4.13. The fourth-order valence-corrected chi connectivity index (χ4v) is 2.79. The molecule has 0 bridgehead atoms. The van der Waals surface area contributed by atoms with Crippen LogP contribution in [-0.4, -0.2) is 48.2 Å². The number of pyridine rings is 1. The Labute approximate surface area is 129 Å². The second-order valence-electron chi connectivity index (χ2n) is 5.66. The summed E-state index contributed by atoms with van der Waals surface area (Å²) in [4.78, 5) is 18.7. The summed E-state index contributed by atoms with van der Waals surface area (Å²) >= 11 is 0. The zero-order valence-corrected chi connectivity index (χ0v) is 12.4. The van der Waals surface area contributed by atoms with E-state index in [4.69, 9.17) is 14.7 Å². The van der Waals surface area contributed by atoms with Gasteiger partial charge >= 0.3 is 0 Å². The van der Waals surface area contributed by atoms with Gasteiger partial charge in [-0.3, -0.25) is 4.79 Å². The number of ether oxygens (including phenoxy) is 2. The molecule has 3 rings (SSSR count). The summed E-state index contributed by atoms with van der Waals surface area (Å²) in [5.74, 6) is 0.369. The van der Waals surface area contributed by atoms with Gasteiger partial charge in [-0.15, -0.1) is 0 Å². The number of amides is 1. The quantitative estimate of drug-likeness (QED) is 0.848. The Kier molecular flexibility index (Phi) is 4.54. The van der Waals surface area contributed by atoms with Crippen LogP contribution in [0.1, 0.15) is 29.6 Å². The largest absolute Gasteiger partial charge is 0.471 e. The van der Waals surface area contributed by atoms with Gasteiger partial charge in [0.15, 0.2) is 0 Å². The molecule has 116 valence electrons. The van der Waals surface area contributed by atoms with Crippen LogP contribution >= 0.6 is 0 Å². The summed E-state index contributed by atoms with van der Waals surface area (Å²) in [6.07, 6.45) is 3.87. The minimum absolute atomic E-state index is 0.0363. The number of likely N-dealkylation sites (tertiary alicyclic amines) is 1. The van der Waals surface area contributed by atoms with Crippen molar-refractivity contribution < 1.29 is 14.3 Å². The van der Waals surface area contributed by atoms with E-state index >= 15 is 0 Å². The lowest BCUT2D eigenvalue weighted by Crippen LogP contribution is -2.38. The zero-order chi connectivity index (χ0) is 15.4. The minimum Gasteiger partial charge on any atom is -0.471 e. The average molecular weight is 301 g/mol. The minimum atomic E-state index is -0.0709. The van der Waals surface area contributed by atoms with Gasteiger partial charge in [-0.25, -0.2) is 4.98 Å². The summed E-state index contributed by atoms with van der Waals surface area (Å²) < 4.78 is 11.1. The Balaban J connectivity index is 1.71. The lowest BCUT2D eigenvalue weighted by molar-refractivity contribution is 0.0696. The molecule has 2 aliphatic rings. The van der Waals surface area contributed by atoms with Gasteiger partial charge in [0.2, 0.25) is 5.88 Å². The SMILES string of the molecule is N#CC1CCN(C(=O)c2cccnc2O[C@H]2CCOC2)CC1. The number of rotatable bonds is 3. The van der Waals surface area contributed by atoms with E-state index in [2.05, 4.69) is 11.1 Å². The first kappa shape index (κ1) is 14.8. The van der Waals surface area contributed by atoms with Crippen LogP contribution in [0, 0.1) is 17.2 Å². The fourth-order valence-electron chi connectivity index (χ4n) is 2.79. The molecule has 1 aromatic heterocycles. The molecule has 0 N–H and O–H groups in total. The topological polar surface area (TPSA) is 75.5 Å². The van der Waals surface area contributed by atoms with Crippen molar-refractivity contribution in [1.29, 1.82) is 5.26 Å². The van der Waals surface area contributed by atoms with Crippen molar-refractivity contribution in [3.05, 3.63) is 23.9 Å². The van der Waals surface area contributed by atoms with Crippen LogP contribution in [0.3, 0.4) is 0 Å². The molecule has 1 atom stereocenters. The third-order valence-corrected chi connectivity index (χ3v) is 4.13. The molecule has 1 aromatic rings. The molecule has 0 aromatic carbocycles. The van der Waals surface area contributed by atoms with Gasteiger partial charge in [0.1, 0.15) is 11.7 Å². The van der Waals surface area contributed by atoms with E-state index in [1.165, 1.54) is 0 Å². The number of carbonyl (C=O) groups is 1. The van der Waals surface area contributed by atoms with E-state index < -0.39 is 0 Å². The fraction of sp³-hybridized carbons (Fsp3) is 0.562. The van der Waals surface area contributed by atoms with Crippen LogP contribution in [0.2, 0.25) is 0 Å². The Morgan fingerprint density at radius 3 is 2.91 bits per heavy atom. The second kappa shape index (κ2) is 6.75. The van der Waals surface area contributed by atoms with E-state index in [1.807, 2.05) is 0 Å². The molecule has 2 aliphatic heterocycles. The van der Waals surface area contributed by atoms with Gasteiger partial charge in [0, 0.05) is 31.6 Å². The maximum absolute atomic E-state index is 12.7. The van der Waals surface area contributed by atoms with Crippen molar-refractivity contribution in [3.8, 4) is 11.9 Å². The van der Waals surface area contributed by atoms with Crippen molar-refractivity contribution in [2.24, 2.45) is 5.92 Å². The van der Waals surface area contributed by atoms with Gasteiger partial charge in [-0.2, -0.15) is 5.26 Å². The first-order valence-corrected chi connectivity index (χ1v) is 7.66. The number of aromatic nitrogens is 1. The molecule has 0 aliphatic carbocycles. The Morgan fingerprint density at radius 2 is 2.23 bits per heavy atom. The Hall–Kier alpha value is -2.13. The molecular weight excluding hydrogens is 282 g/mol. The molecule has 1 amide bonds. The zero-order valence-electron chi connectivity index (χ0n) is 12.4. The van der Waals surface area contributed by atoms with Gasteiger partial charge in [0.25, 0.3) is 5.91 Å². The summed E-state index contributed by atoms with van der Waals surface area (Å²) in [5, 5.41) is 8.94. The number of hydrogen-bond acceptors (Lipinski definition) is 5. The highest BCUT2D eigenvalue weighted by molar-refractivity contribution is 5.96. The number of hydrogen-bond donors (Lipinski definition) is 0. The third kappa shape index (κ3) is 3.20. The Bertz CT molecular complexity index is 570. The molecule has 2 saturated heterocycles. The van der Waals surface area contributed by atoms with Gasteiger partial charge in [-0.1, -0.05) is 0 Å². The number of nitrogens with zero attached hydrogens (tertiary/aromatic N) is 3. The van der Waals surface area contributed by atoms with Crippen molar-refractivity contribution >= 4 is 5.91 Å². The second-order valence-corrected chi connectivity index (χ2v) is 5.66. The van der Waals surface area contributed by atoms with E-state index in [9.17, 15) is 4.79 Å². The van der Waals surface area contributed by atoms with Crippen LogP contribution in [-0.2, 0) is 4.74 Å². The van der Waals surface area contributed by atoms with Crippen LogP contribution in [0.5, 0.6) is 5.88 Å². The maximum Gasteiger partial charge on any atom is 0.259 e. The normalized spacial score (nSPS) is 22.3.